The smallest absolute Gasteiger partial charge is 0.307 e. The zero-order valence-corrected chi connectivity index (χ0v) is 11.9. The molecule has 0 amide bonds. The number of rotatable bonds is 5. The largest absolute Gasteiger partial charge is 0.481 e. The highest BCUT2D eigenvalue weighted by Crippen LogP contribution is 2.20. The van der Waals surface area contributed by atoms with Gasteiger partial charge in [0.2, 0.25) is 0 Å². The summed E-state index contributed by atoms with van der Waals surface area (Å²) in [5, 5.41) is 12.7. The van der Waals surface area contributed by atoms with Gasteiger partial charge >= 0.3 is 5.97 Å². The number of nitrogens with one attached hydrogen (secondary N) is 1. The number of aryl methyl sites for hydroxylation is 1. The van der Waals surface area contributed by atoms with Crippen LogP contribution in [0.25, 0.3) is 0 Å². The number of hydrogen-bond donors (Lipinski definition) is 2. The molecular weight excluding hydrogens is 274 g/mol. The minimum Gasteiger partial charge on any atom is -0.481 e. The Labute approximate surface area is 123 Å². The first-order valence-electron chi connectivity index (χ1n) is 6.34. The molecule has 0 radical (unpaired) electrons. The van der Waals surface area contributed by atoms with Gasteiger partial charge in [-0.1, -0.05) is 41.9 Å². The maximum Gasteiger partial charge on any atom is 0.307 e. The molecular formula is C16H16ClNO2. The maximum absolute atomic E-state index is 10.6. The van der Waals surface area contributed by atoms with Crippen molar-refractivity contribution in [1.29, 1.82) is 0 Å². The van der Waals surface area contributed by atoms with Gasteiger partial charge in [0.05, 0.1) is 6.42 Å². The first-order chi connectivity index (χ1) is 9.54. The second-order valence-electron chi connectivity index (χ2n) is 4.70. The third-order valence-corrected chi connectivity index (χ3v) is 3.45. The summed E-state index contributed by atoms with van der Waals surface area (Å²) < 4.78 is 0. The zero-order chi connectivity index (χ0) is 14.5. The van der Waals surface area contributed by atoms with Gasteiger partial charge in [-0.2, -0.15) is 0 Å². The van der Waals surface area contributed by atoms with Crippen LogP contribution in [0.3, 0.4) is 0 Å². The number of carbonyl (C=O) groups is 1. The van der Waals surface area contributed by atoms with Crippen molar-refractivity contribution in [3.8, 4) is 0 Å². The summed E-state index contributed by atoms with van der Waals surface area (Å²) >= 11 is 6.07. The van der Waals surface area contributed by atoms with Gasteiger partial charge in [-0.05, 0) is 35.7 Å². The lowest BCUT2D eigenvalue weighted by molar-refractivity contribution is -0.136. The zero-order valence-electron chi connectivity index (χ0n) is 11.2. The Balaban J connectivity index is 1.96. The second kappa shape index (κ2) is 6.44. The highest BCUT2D eigenvalue weighted by molar-refractivity contribution is 6.31. The molecule has 2 aromatic carbocycles. The predicted molar refractivity (Wildman–Crippen MR) is 81.3 cm³/mol. The highest BCUT2D eigenvalue weighted by atomic mass is 35.5. The summed E-state index contributed by atoms with van der Waals surface area (Å²) in [6.45, 7) is 2.64. The predicted octanol–water partition coefficient (Wildman–Crippen LogP) is 3.89. The van der Waals surface area contributed by atoms with Crippen LogP contribution in [-0.4, -0.2) is 11.1 Å². The second-order valence-corrected chi connectivity index (χ2v) is 5.11. The lowest BCUT2D eigenvalue weighted by Gasteiger charge is -2.08. The topological polar surface area (TPSA) is 49.3 Å². The van der Waals surface area contributed by atoms with Crippen LogP contribution < -0.4 is 5.32 Å². The lowest BCUT2D eigenvalue weighted by atomic mass is 10.1. The molecule has 0 atom stereocenters. The van der Waals surface area contributed by atoms with Gasteiger partial charge in [0.15, 0.2) is 0 Å². The third kappa shape index (κ3) is 4.00. The summed E-state index contributed by atoms with van der Waals surface area (Å²) in [4.78, 5) is 10.6. The molecule has 0 spiro atoms. The van der Waals surface area contributed by atoms with E-state index in [9.17, 15) is 4.79 Å². The molecule has 0 aliphatic carbocycles. The fourth-order valence-electron chi connectivity index (χ4n) is 1.86. The van der Waals surface area contributed by atoms with Gasteiger partial charge in [-0.3, -0.25) is 4.79 Å². The Kier molecular flexibility index (Phi) is 4.64. The molecule has 3 nitrogen and oxygen atoms in total. The average Bonchev–Trinajstić information content (AvgIpc) is 2.41. The molecule has 0 saturated heterocycles. The standard InChI is InChI=1S/C16H16ClNO2/c1-11-2-7-14(9-15(11)17)18-10-13-5-3-12(4-6-13)8-16(19)20/h2-7,9,18H,8,10H2,1H3,(H,19,20). The minimum atomic E-state index is -0.815. The average molecular weight is 290 g/mol. The van der Waals surface area contributed by atoms with Crippen molar-refractivity contribution in [2.45, 2.75) is 19.9 Å². The molecule has 0 aromatic heterocycles. The van der Waals surface area contributed by atoms with E-state index < -0.39 is 5.97 Å². The van der Waals surface area contributed by atoms with Crippen LogP contribution in [0.5, 0.6) is 0 Å². The number of halogens is 1. The van der Waals surface area contributed by atoms with Gasteiger partial charge in [0, 0.05) is 17.3 Å². The summed E-state index contributed by atoms with van der Waals surface area (Å²) in [5.41, 5.74) is 3.92. The van der Waals surface area contributed by atoms with Gasteiger partial charge in [0.1, 0.15) is 0 Å². The Hall–Kier alpha value is -2.00. The molecule has 0 fully saturated rings. The van der Waals surface area contributed by atoms with E-state index in [1.165, 1.54) is 0 Å². The van der Waals surface area contributed by atoms with Crippen LogP contribution >= 0.6 is 11.6 Å². The molecule has 0 heterocycles. The summed E-state index contributed by atoms with van der Waals surface area (Å²) in [6, 6.07) is 13.4. The fraction of sp³-hybridized carbons (Fsp3) is 0.188. The highest BCUT2D eigenvalue weighted by Gasteiger charge is 2.01. The quantitative estimate of drug-likeness (QED) is 0.878. The SMILES string of the molecule is Cc1ccc(NCc2ccc(CC(=O)O)cc2)cc1Cl. The van der Waals surface area contributed by atoms with E-state index in [4.69, 9.17) is 16.7 Å². The van der Waals surface area contributed by atoms with Crippen molar-refractivity contribution in [2.75, 3.05) is 5.32 Å². The van der Waals surface area contributed by atoms with E-state index >= 15 is 0 Å². The van der Waals surface area contributed by atoms with E-state index in [2.05, 4.69) is 5.32 Å². The Morgan fingerprint density at radius 1 is 1.15 bits per heavy atom. The lowest BCUT2D eigenvalue weighted by Crippen LogP contribution is -2.02. The third-order valence-electron chi connectivity index (χ3n) is 3.05. The fourth-order valence-corrected chi connectivity index (χ4v) is 2.04. The number of hydrogen-bond acceptors (Lipinski definition) is 2. The molecule has 0 aliphatic rings. The minimum absolute atomic E-state index is 0.0568. The summed E-state index contributed by atoms with van der Waals surface area (Å²) in [7, 11) is 0. The molecule has 0 aliphatic heterocycles. The molecule has 2 rings (SSSR count). The van der Waals surface area contributed by atoms with E-state index in [1.54, 1.807) is 0 Å². The van der Waals surface area contributed by atoms with Crippen LogP contribution in [-0.2, 0) is 17.8 Å². The number of carboxylic acids is 1. The number of benzene rings is 2. The van der Waals surface area contributed by atoms with Crippen molar-refractivity contribution >= 4 is 23.3 Å². The molecule has 104 valence electrons. The first kappa shape index (κ1) is 14.4. The van der Waals surface area contributed by atoms with E-state index in [0.717, 1.165) is 27.4 Å². The van der Waals surface area contributed by atoms with E-state index in [0.29, 0.717) is 6.54 Å². The Bertz CT molecular complexity index is 608. The molecule has 2 N–H and O–H groups in total. The molecule has 0 saturated carbocycles. The molecule has 0 unspecified atom stereocenters. The van der Waals surface area contributed by atoms with Crippen LogP contribution in [0.2, 0.25) is 5.02 Å². The number of aliphatic carboxylic acids is 1. The normalized spacial score (nSPS) is 10.3. The van der Waals surface area contributed by atoms with Crippen molar-refractivity contribution in [1.82, 2.24) is 0 Å². The molecule has 0 bridgehead atoms. The molecule has 4 heteroatoms. The van der Waals surface area contributed by atoms with Crippen LogP contribution in [0.15, 0.2) is 42.5 Å². The molecule has 2 aromatic rings. The summed E-state index contributed by atoms with van der Waals surface area (Å²) in [5.74, 6) is -0.815. The van der Waals surface area contributed by atoms with Crippen LogP contribution in [0.1, 0.15) is 16.7 Å². The maximum atomic E-state index is 10.6. The molecule has 20 heavy (non-hydrogen) atoms. The first-order valence-corrected chi connectivity index (χ1v) is 6.72. The van der Waals surface area contributed by atoms with Crippen LogP contribution in [0, 0.1) is 6.92 Å². The van der Waals surface area contributed by atoms with Crippen molar-refractivity contribution in [3.05, 3.63) is 64.2 Å². The number of anilines is 1. The monoisotopic (exact) mass is 289 g/mol. The summed E-state index contributed by atoms with van der Waals surface area (Å²) in [6.07, 6.45) is 0.0568. The van der Waals surface area contributed by atoms with Crippen molar-refractivity contribution < 1.29 is 9.90 Å². The van der Waals surface area contributed by atoms with Gasteiger partial charge < -0.3 is 10.4 Å². The van der Waals surface area contributed by atoms with Gasteiger partial charge in [-0.25, -0.2) is 0 Å². The van der Waals surface area contributed by atoms with Crippen molar-refractivity contribution in [3.63, 3.8) is 0 Å². The van der Waals surface area contributed by atoms with E-state index in [1.807, 2.05) is 49.4 Å². The number of carboxylic acid groups (broad SMARTS) is 1. The van der Waals surface area contributed by atoms with Crippen LogP contribution in [0.4, 0.5) is 5.69 Å². The van der Waals surface area contributed by atoms with Gasteiger partial charge in [0.25, 0.3) is 0 Å². The van der Waals surface area contributed by atoms with Gasteiger partial charge in [-0.15, -0.1) is 0 Å². The Morgan fingerprint density at radius 2 is 1.80 bits per heavy atom. The van der Waals surface area contributed by atoms with Crippen molar-refractivity contribution in [2.24, 2.45) is 0 Å². The Morgan fingerprint density at radius 3 is 2.40 bits per heavy atom. The van der Waals surface area contributed by atoms with E-state index in [-0.39, 0.29) is 6.42 Å².